The Kier molecular flexibility index (Phi) is 4.01. The van der Waals surface area contributed by atoms with Gasteiger partial charge in [0, 0.05) is 24.7 Å². The molecule has 22 heavy (non-hydrogen) atoms. The van der Waals surface area contributed by atoms with Crippen LogP contribution < -0.4 is 10.6 Å². The third kappa shape index (κ3) is 3.41. The lowest BCUT2D eigenvalue weighted by atomic mass is 10.2. The van der Waals surface area contributed by atoms with Crippen molar-refractivity contribution >= 4 is 11.7 Å². The van der Waals surface area contributed by atoms with E-state index in [1.54, 1.807) is 30.6 Å². The average molecular weight is 296 g/mol. The standard InChI is InChI=1S/C15H16N6O/c16-9-11-2-1-3-12(8-11)19-15(22)17-7-6-14-20-18-10-21(14)13-4-5-13/h1-3,8,10,13H,4-7H2,(H2,17,19,22). The Bertz CT molecular complexity index is 713. The van der Waals surface area contributed by atoms with Crippen molar-refractivity contribution in [2.24, 2.45) is 0 Å². The molecule has 0 atom stereocenters. The van der Waals surface area contributed by atoms with Crippen LogP contribution in [0.5, 0.6) is 0 Å². The normalized spacial score (nSPS) is 13.4. The number of benzene rings is 1. The van der Waals surface area contributed by atoms with Gasteiger partial charge in [-0.15, -0.1) is 10.2 Å². The molecule has 0 saturated heterocycles. The van der Waals surface area contributed by atoms with Gasteiger partial charge in [0.1, 0.15) is 12.2 Å². The van der Waals surface area contributed by atoms with Crippen LogP contribution in [0.15, 0.2) is 30.6 Å². The number of hydrogen-bond acceptors (Lipinski definition) is 4. The van der Waals surface area contributed by atoms with Gasteiger partial charge in [-0.3, -0.25) is 0 Å². The molecule has 2 amide bonds. The molecule has 0 spiro atoms. The van der Waals surface area contributed by atoms with E-state index in [9.17, 15) is 4.79 Å². The zero-order valence-electron chi connectivity index (χ0n) is 12.0. The maximum atomic E-state index is 11.8. The van der Waals surface area contributed by atoms with Crippen molar-refractivity contribution < 1.29 is 4.79 Å². The fraction of sp³-hybridized carbons (Fsp3) is 0.333. The molecule has 0 aliphatic heterocycles. The molecule has 7 heteroatoms. The number of aromatic nitrogens is 3. The summed E-state index contributed by atoms with van der Waals surface area (Å²) in [5.41, 5.74) is 1.10. The van der Waals surface area contributed by atoms with E-state index in [0.717, 1.165) is 5.82 Å². The summed E-state index contributed by atoms with van der Waals surface area (Å²) in [7, 11) is 0. The van der Waals surface area contributed by atoms with E-state index in [2.05, 4.69) is 25.4 Å². The molecule has 1 saturated carbocycles. The quantitative estimate of drug-likeness (QED) is 0.880. The van der Waals surface area contributed by atoms with E-state index in [0.29, 0.717) is 30.3 Å². The maximum absolute atomic E-state index is 11.8. The molecular formula is C15H16N6O. The molecule has 1 aliphatic rings. The van der Waals surface area contributed by atoms with Gasteiger partial charge in [-0.05, 0) is 31.0 Å². The third-order valence-corrected chi connectivity index (χ3v) is 3.47. The fourth-order valence-corrected chi connectivity index (χ4v) is 2.23. The van der Waals surface area contributed by atoms with Crippen molar-refractivity contribution in [3.63, 3.8) is 0 Å². The number of hydrogen-bond donors (Lipinski definition) is 2. The number of nitrogens with one attached hydrogen (secondary N) is 2. The second kappa shape index (κ2) is 6.26. The number of anilines is 1. The molecule has 1 aliphatic carbocycles. The Morgan fingerprint density at radius 1 is 1.45 bits per heavy atom. The Morgan fingerprint density at radius 3 is 3.09 bits per heavy atom. The topological polar surface area (TPSA) is 95.6 Å². The minimum absolute atomic E-state index is 0.299. The van der Waals surface area contributed by atoms with Gasteiger partial charge in [-0.1, -0.05) is 6.07 Å². The predicted molar refractivity (Wildman–Crippen MR) is 80.2 cm³/mol. The molecule has 0 bridgehead atoms. The zero-order valence-corrected chi connectivity index (χ0v) is 12.0. The first-order chi connectivity index (χ1) is 10.8. The minimum Gasteiger partial charge on any atom is -0.337 e. The first kappa shape index (κ1) is 14.1. The highest BCUT2D eigenvalue weighted by molar-refractivity contribution is 5.89. The lowest BCUT2D eigenvalue weighted by Crippen LogP contribution is -2.30. The van der Waals surface area contributed by atoms with Crippen molar-refractivity contribution in [1.82, 2.24) is 20.1 Å². The highest BCUT2D eigenvalue weighted by Crippen LogP contribution is 2.35. The molecule has 1 heterocycles. The number of amides is 2. The third-order valence-electron chi connectivity index (χ3n) is 3.47. The van der Waals surface area contributed by atoms with E-state index >= 15 is 0 Å². The van der Waals surface area contributed by atoms with Crippen LogP contribution in [0, 0.1) is 11.3 Å². The van der Waals surface area contributed by atoms with Crippen LogP contribution in [-0.4, -0.2) is 27.3 Å². The number of rotatable bonds is 5. The van der Waals surface area contributed by atoms with Crippen LogP contribution in [-0.2, 0) is 6.42 Å². The minimum atomic E-state index is -0.299. The summed E-state index contributed by atoms with van der Waals surface area (Å²) >= 11 is 0. The van der Waals surface area contributed by atoms with E-state index in [1.807, 2.05) is 6.07 Å². The van der Waals surface area contributed by atoms with Crippen molar-refractivity contribution in [2.45, 2.75) is 25.3 Å². The van der Waals surface area contributed by atoms with E-state index in [1.165, 1.54) is 12.8 Å². The first-order valence-corrected chi connectivity index (χ1v) is 7.19. The van der Waals surface area contributed by atoms with E-state index in [-0.39, 0.29) is 6.03 Å². The lowest BCUT2D eigenvalue weighted by molar-refractivity contribution is 0.252. The molecule has 0 unspecified atom stereocenters. The first-order valence-electron chi connectivity index (χ1n) is 7.19. The molecule has 3 rings (SSSR count). The van der Waals surface area contributed by atoms with Crippen LogP contribution >= 0.6 is 0 Å². The summed E-state index contributed by atoms with van der Waals surface area (Å²) in [4.78, 5) is 11.8. The van der Waals surface area contributed by atoms with Crippen LogP contribution in [0.25, 0.3) is 0 Å². The van der Waals surface area contributed by atoms with Gasteiger partial charge >= 0.3 is 6.03 Å². The lowest BCUT2D eigenvalue weighted by Gasteiger charge is -2.08. The molecular weight excluding hydrogens is 280 g/mol. The van der Waals surface area contributed by atoms with Gasteiger partial charge in [-0.25, -0.2) is 4.79 Å². The Hall–Kier alpha value is -2.88. The van der Waals surface area contributed by atoms with Crippen LogP contribution in [0.1, 0.15) is 30.3 Å². The monoisotopic (exact) mass is 296 g/mol. The van der Waals surface area contributed by atoms with Crippen LogP contribution in [0.4, 0.5) is 10.5 Å². The second-order valence-corrected chi connectivity index (χ2v) is 5.21. The van der Waals surface area contributed by atoms with Gasteiger partial charge in [0.25, 0.3) is 0 Å². The molecule has 1 aromatic heterocycles. The number of nitriles is 1. The molecule has 2 N–H and O–H groups in total. The number of nitrogens with zero attached hydrogens (tertiary/aromatic N) is 4. The zero-order chi connectivity index (χ0) is 15.4. The maximum Gasteiger partial charge on any atom is 0.319 e. The SMILES string of the molecule is N#Cc1cccc(NC(=O)NCCc2nncn2C2CC2)c1. The van der Waals surface area contributed by atoms with Gasteiger partial charge in [-0.2, -0.15) is 5.26 Å². The summed E-state index contributed by atoms with van der Waals surface area (Å²) in [6, 6.07) is 9.06. The van der Waals surface area contributed by atoms with E-state index in [4.69, 9.17) is 5.26 Å². The van der Waals surface area contributed by atoms with Crippen molar-refractivity contribution in [3.8, 4) is 6.07 Å². The second-order valence-electron chi connectivity index (χ2n) is 5.21. The van der Waals surface area contributed by atoms with Crippen molar-refractivity contribution in [2.75, 3.05) is 11.9 Å². The predicted octanol–water partition coefficient (Wildman–Crippen LogP) is 1.85. The molecule has 1 aromatic carbocycles. The summed E-state index contributed by atoms with van der Waals surface area (Å²) in [6.07, 6.45) is 4.74. The van der Waals surface area contributed by atoms with E-state index < -0.39 is 0 Å². The number of urea groups is 1. The number of carbonyl (C=O) groups is 1. The number of carbonyl (C=O) groups excluding carboxylic acids is 1. The van der Waals surface area contributed by atoms with Gasteiger partial charge in [0.15, 0.2) is 0 Å². The molecule has 0 radical (unpaired) electrons. The van der Waals surface area contributed by atoms with Crippen molar-refractivity contribution in [3.05, 3.63) is 42.0 Å². The van der Waals surface area contributed by atoms with Crippen LogP contribution in [0.3, 0.4) is 0 Å². The molecule has 112 valence electrons. The molecule has 2 aromatic rings. The highest BCUT2D eigenvalue weighted by atomic mass is 16.2. The van der Waals surface area contributed by atoms with Gasteiger partial charge in [0.2, 0.25) is 0 Å². The van der Waals surface area contributed by atoms with Crippen molar-refractivity contribution in [1.29, 1.82) is 5.26 Å². The summed E-state index contributed by atoms with van der Waals surface area (Å²) in [5.74, 6) is 0.897. The average Bonchev–Trinajstić information content (AvgIpc) is 3.27. The Labute approximate surface area is 128 Å². The fourth-order valence-electron chi connectivity index (χ4n) is 2.23. The van der Waals surface area contributed by atoms with Gasteiger partial charge in [0.05, 0.1) is 11.6 Å². The Balaban J connectivity index is 1.48. The van der Waals surface area contributed by atoms with Gasteiger partial charge < -0.3 is 15.2 Å². The summed E-state index contributed by atoms with van der Waals surface area (Å²) < 4.78 is 2.08. The Morgan fingerprint density at radius 2 is 2.32 bits per heavy atom. The molecule has 7 nitrogen and oxygen atoms in total. The highest BCUT2D eigenvalue weighted by Gasteiger charge is 2.25. The smallest absolute Gasteiger partial charge is 0.319 e. The molecule has 1 fully saturated rings. The largest absolute Gasteiger partial charge is 0.337 e. The summed E-state index contributed by atoms with van der Waals surface area (Å²) in [6.45, 7) is 0.481. The van der Waals surface area contributed by atoms with Crippen LogP contribution in [0.2, 0.25) is 0 Å². The summed E-state index contributed by atoms with van der Waals surface area (Å²) in [5, 5.41) is 22.3.